The molecule has 0 aromatic heterocycles. The summed E-state index contributed by atoms with van der Waals surface area (Å²) in [7, 11) is 0. The Morgan fingerprint density at radius 3 is 2.42 bits per heavy atom. The molecule has 1 heterocycles. The number of carbonyl (C=O) groups excluding carboxylic acids is 2. The third-order valence-corrected chi connectivity index (χ3v) is 4.08. The molecule has 0 spiro atoms. The molecule has 8 nitrogen and oxygen atoms in total. The number of rotatable bonds is 4. The first kappa shape index (κ1) is 18.8. The maximum atomic E-state index is 12.2. The maximum absolute atomic E-state index is 12.2. The number of esters is 1. The van der Waals surface area contributed by atoms with Crippen LogP contribution in [-0.4, -0.2) is 64.4 Å². The van der Waals surface area contributed by atoms with Crippen LogP contribution in [0.4, 0.5) is 0 Å². The van der Waals surface area contributed by atoms with Crippen molar-refractivity contribution < 1.29 is 34.4 Å². The Morgan fingerprint density at radius 2 is 1.88 bits per heavy atom. The highest BCUT2D eigenvalue weighted by Gasteiger charge is 2.46. The minimum absolute atomic E-state index is 0.240. The van der Waals surface area contributed by atoms with Gasteiger partial charge < -0.3 is 30.1 Å². The van der Waals surface area contributed by atoms with E-state index in [1.807, 2.05) is 0 Å². The normalized spacial score (nSPS) is 29.8. The van der Waals surface area contributed by atoms with Crippen molar-refractivity contribution in [3.63, 3.8) is 0 Å². The summed E-state index contributed by atoms with van der Waals surface area (Å²) in [5.74, 6) is -1.23. The largest absolute Gasteiger partial charge is 0.430 e. The first-order chi connectivity index (χ1) is 11.3. The number of hydrogen-bond donors (Lipinski definition) is 4. The van der Waals surface area contributed by atoms with Crippen molar-refractivity contribution in [3.05, 3.63) is 34.3 Å². The second-order valence-electron chi connectivity index (χ2n) is 5.35. The van der Waals surface area contributed by atoms with Crippen molar-refractivity contribution in [1.82, 2.24) is 5.32 Å². The number of hydrogen-bond acceptors (Lipinski definition) is 7. The van der Waals surface area contributed by atoms with Gasteiger partial charge in [-0.1, -0.05) is 15.9 Å². The lowest BCUT2D eigenvalue weighted by molar-refractivity contribution is -0.253. The molecular weight excluding hydrogens is 386 g/mol. The number of aliphatic hydroxyl groups is 3. The van der Waals surface area contributed by atoms with Crippen LogP contribution in [-0.2, 0) is 14.3 Å². The first-order valence-electron chi connectivity index (χ1n) is 7.19. The van der Waals surface area contributed by atoms with E-state index < -0.39 is 49.1 Å². The molecule has 0 unspecified atom stereocenters. The number of halogens is 1. The van der Waals surface area contributed by atoms with E-state index in [1.165, 1.54) is 19.1 Å². The highest BCUT2D eigenvalue weighted by molar-refractivity contribution is 9.10. The van der Waals surface area contributed by atoms with Gasteiger partial charge in [-0.15, -0.1) is 0 Å². The summed E-state index contributed by atoms with van der Waals surface area (Å²) >= 11 is 3.25. The fourth-order valence-corrected chi connectivity index (χ4v) is 2.59. The molecule has 1 amide bonds. The van der Waals surface area contributed by atoms with E-state index in [4.69, 9.17) is 9.47 Å². The SMILES string of the molecule is CC(=O)N[C@H]1[C@H](OC(=O)c2ccc(Br)cc2)O[C@H](CO)[C@@H](O)[C@@H]1O. The minimum Gasteiger partial charge on any atom is -0.430 e. The molecule has 0 saturated carbocycles. The molecule has 0 bridgehead atoms. The van der Waals surface area contributed by atoms with Gasteiger partial charge in [-0.05, 0) is 24.3 Å². The van der Waals surface area contributed by atoms with Gasteiger partial charge in [0.1, 0.15) is 24.4 Å². The van der Waals surface area contributed by atoms with Crippen LogP contribution in [0.15, 0.2) is 28.7 Å². The lowest BCUT2D eigenvalue weighted by atomic mass is 9.97. The second kappa shape index (κ2) is 8.04. The lowest BCUT2D eigenvalue weighted by Crippen LogP contribution is -2.64. The van der Waals surface area contributed by atoms with E-state index in [0.717, 1.165) is 4.47 Å². The molecule has 24 heavy (non-hydrogen) atoms. The summed E-state index contributed by atoms with van der Waals surface area (Å²) in [5.41, 5.74) is 0.240. The molecule has 2 rings (SSSR count). The van der Waals surface area contributed by atoms with Gasteiger partial charge in [-0.3, -0.25) is 4.79 Å². The molecule has 1 fully saturated rings. The Labute approximate surface area is 146 Å². The number of nitrogens with one attached hydrogen (secondary N) is 1. The summed E-state index contributed by atoms with van der Waals surface area (Å²) in [6, 6.07) is 5.19. The number of ether oxygens (including phenoxy) is 2. The van der Waals surface area contributed by atoms with Crippen LogP contribution in [0.25, 0.3) is 0 Å². The van der Waals surface area contributed by atoms with Gasteiger partial charge >= 0.3 is 5.97 Å². The average Bonchev–Trinajstić information content (AvgIpc) is 2.54. The Bertz CT molecular complexity index is 594. The topological polar surface area (TPSA) is 125 Å². The van der Waals surface area contributed by atoms with Crippen LogP contribution < -0.4 is 5.32 Å². The molecule has 4 N–H and O–H groups in total. The Kier molecular flexibility index (Phi) is 6.30. The molecule has 1 aromatic rings. The van der Waals surface area contributed by atoms with Gasteiger partial charge in [-0.2, -0.15) is 0 Å². The predicted octanol–water partition coefficient (Wildman–Crippen LogP) is -0.450. The monoisotopic (exact) mass is 403 g/mol. The van der Waals surface area contributed by atoms with E-state index in [0.29, 0.717) is 0 Å². The molecule has 132 valence electrons. The fraction of sp³-hybridized carbons (Fsp3) is 0.467. The summed E-state index contributed by atoms with van der Waals surface area (Å²) in [4.78, 5) is 23.5. The molecule has 1 aliphatic rings. The van der Waals surface area contributed by atoms with Gasteiger partial charge in [0, 0.05) is 11.4 Å². The Hall–Kier alpha value is -1.52. The third-order valence-electron chi connectivity index (χ3n) is 3.55. The van der Waals surface area contributed by atoms with E-state index in [9.17, 15) is 24.9 Å². The third kappa shape index (κ3) is 4.31. The quantitative estimate of drug-likeness (QED) is 0.501. The molecule has 1 saturated heterocycles. The van der Waals surface area contributed by atoms with E-state index in [2.05, 4.69) is 21.2 Å². The van der Waals surface area contributed by atoms with Gasteiger partial charge in [0.15, 0.2) is 0 Å². The van der Waals surface area contributed by atoms with Crippen molar-refractivity contribution in [2.45, 2.75) is 37.6 Å². The van der Waals surface area contributed by atoms with Crippen molar-refractivity contribution in [2.24, 2.45) is 0 Å². The van der Waals surface area contributed by atoms with E-state index in [1.54, 1.807) is 12.1 Å². The summed E-state index contributed by atoms with van der Waals surface area (Å²) in [6.07, 6.45) is -5.41. The zero-order chi connectivity index (χ0) is 17.9. The lowest BCUT2D eigenvalue weighted by Gasteiger charge is -2.41. The minimum atomic E-state index is -1.47. The highest BCUT2D eigenvalue weighted by Crippen LogP contribution is 2.23. The van der Waals surface area contributed by atoms with Crippen LogP contribution in [0.3, 0.4) is 0 Å². The van der Waals surface area contributed by atoms with Crippen LogP contribution >= 0.6 is 15.9 Å². The molecule has 5 atom stereocenters. The van der Waals surface area contributed by atoms with Gasteiger partial charge in [-0.25, -0.2) is 4.79 Å². The van der Waals surface area contributed by atoms with Crippen molar-refractivity contribution in [1.29, 1.82) is 0 Å². The molecule has 0 radical (unpaired) electrons. The summed E-state index contributed by atoms with van der Waals surface area (Å²) < 4.78 is 11.3. The average molecular weight is 404 g/mol. The van der Waals surface area contributed by atoms with Crippen LogP contribution in [0.1, 0.15) is 17.3 Å². The molecular formula is C15H18BrNO7. The molecule has 1 aromatic carbocycles. The zero-order valence-corrected chi connectivity index (χ0v) is 14.3. The van der Waals surface area contributed by atoms with Gasteiger partial charge in [0.25, 0.3) is 0 Å². The maximum Gasteiger partial charge on any atom is 0.340 e. The number of carbonyl (C=O) groups is 2. The standard InChI is InChI=1S/C15H18BrNO7/c1-7(19)17-11-13(21)12(20)10(6-18)23-15(11)24-14(22)8-2-4-9(16)5-3-8/h2-5,10-13,15,18,20-21H,6H2,1H3,(H,17,19)/t10-,11-,12-,13-,15+/m1/s1. The molecule has 0 aliphatic carbocycles. The second-order valence-corrected chi connectivity index (χ2v) is 6.26. The number of benzene rings is 1. The molecule has 9 heteroatoms. The highest BCUT2D eigenvalue weighted by atomic mass is 79.9. The van der Waals surface area contributed by atoms with Crippen LogP contribution in [0.5, 0.6) is 0 Å². The summed E-state index contributed by atoms with van der Waals surface area (Å²) in [6.45, 7) is 0.627. The van der Waals surface area contributed by atoms with Gasteiger partial charge in [0.05, 0.1) is 12.2 Å². The van der Waals surface area contributed by atoms with E-state index in [-0.39, 0.29) is 5.56 Å². The van der Waals surface area contributed by atoms with Crippen LogP contribution in [0.2, 0.25) is 0 Å². The number of amides is 1. The summed E-state index contributed by atoms with van der Waals surface area (Å²) in [5, 5.41) is 31.6. The van der Waals surface area contributed by atoms with Crippen molar-refractivity contribution in [3.8, 4) is 0 Å². The van der Waals surface area contributed by atoms with E-state index >= 15 is 0 Å². The Balaban J connectivity index is 2.17. The zero-order valence-electron chi connectivity index (χ0n) is 12.8. The Morgan fingerprint density at radius 1 is 1.25 bits per heavy atom. The van der Waals surface area contributed by atoms with Crippen molar-refractivity contribution in [2.75, 3.05) is 6.61 Å². The number of aliphatic hydroxyl groups excluding tert-OH is 3. The van der Waals surface area contributed by atoms with Crippen LogP contribution in [0, 0.1) is 0 Å². The predicted molar refractivity (Wildman–Crippen MR) is 84.9 cm³/mol. The molecule has 1 aliphatic heterocycles. The fourth-order valence-electron chi connectivity index (χ4n) is 2.33. The van der Waals surface area contributed by atoms with Crippen molar-refractivity contribution >= 4 is 27.8 Å². The smallest absolute Gasteiger partial charge is 0.340 e. The van der Waals surface area contributed by atoms with Gasteiger partial charge in [0.2, 0.25) is 12.2 Å². The first-order valence-corrected chi connectivity index (χ1v) is 7.99.